The third-order valence-corrected chi connectivity index (χ3v) is 11.1. The lowest BCUT2D eigenvalue weighted by Gasteiger charge is -2.27. The fraction of sp³-hybridized carbons (Fsp3) is 0.137. The molecular formula is C51H41N3. The van der Waals surface area contributed by atoms with Crippen LogP contribution in [0.3, 0.4) is 0 Å². The second-order valence-electron chi connectivity index (χ2n) is 14.3. The number of aliphatic imine (C=N–C) groups is 1. The summed E-state index contributed by atoms with van der Waals surface area (Å²) in [4.78, 5) is 5.29. The van der Waals surface area contributed by atoms with E-state index in [-0.39, 0.29) is 6.04 Å². The van der Waals surface area contributed by atoms with Crippen LogP contribution in [-0.2, 0) is 6.42 Å². The molecule has 0 saturated heterocycles. The summed E-state index contributed by atoms with van der Waals surface area (Å²) in [6.07, 6.45) is 20.2. The number of benzene rings is 5. The van der Waals surface area contributed by atoms with Gasteiger partial charge in [0.1, 0.15) is 5.84 Å². The third kappa shape index (κ3) is 6.31. The molecule has 1 heterocycles. The van der Waals surface area contributed by atoms with E-state index in [1.807, 2.05) is 6.08 Å². The maximum Gasteiger partial charge on any atom is 0.130 e. The summed E-state index contributed by atoms with van der Waals surface area (Å²) in [7, 11) is 0. The van der Waals surface area contributed by atoms with Gasteiger partial charge in [0, 0.05) is 18.2 Å². The molecule has 0 aromatic heterocycles. The highest BCUT2D eigenvalue weighted by molar-refractivity contribution is 6.09. The molecule has 260 valence electrons. The summed E-state index contributed by atoms with van der Waals surface area (Å²) < 4.78 is 0. The van der Waals surface area contributed by atoms with Crippen LogP contribution in [-0.4, -0.2) is 12.1 Å². The third-order valence-electron chi connectivity index (χ3n) is 11.1. The van der Waals surface area contributed by atoms with Crippen LogP contribution in [0.15, 0.2) is 156 Å². The number of rotatable bonds is 8. The highest BCUT2D eigenvalue weighted by Gasteiger charge is 2.24. The first-order chi connectivity index (χ1) is 26.7. The smallest absolute Gasteiger partial charge is 0.130 e. The van der Waals surface area contributed by atoms with Crippen molar-refractivity contribution in [2.45, 2.75) is 44.6 Å². The average molecular weight is 696 g/mol. The van der Waals surface area contributed by atoms with Crippen LogP contribution in [0.4, 0.5) is 0 Å². The number of fused-ring (bicyclic) bond motifs is 4. The van der Waals surface area contributed by atoms with Gasteiger partial charge >= 0.3 is 0 Å². The van der Waals surface area contributed by atoms with Crippen LogP contribution in [0.2, 0.25) is 0 Å². The minimum Gasteiger partial charge on any atom is -0.359 e. The summed E-state index contributed by atoms with van der Waals surface area (Å²) in [5, 5.41) is 17.0. The second kappa shape index (κ2) is 14.5. The molecule has 3 aliphatic carbocycles. The molecule has 0 radical (unpaired) electrons. The van der Waals surface area contributed by atoms with Crippen molar-refractivity contribution in [1.29, 1.82) is 5.41 Å². The van der Waals surface area contributed by atoms with Crippen molar-refractivity contribution in [3.05, 3.63) is 189 Å². The van der Waals surface area contributed by atoms with Crippen LogP contribution in [0.1, 0.15) is 66.0 Å². The second-order valence-corrected chi connectivity index (χ2v) is 14.3. The van der Waals surface area contributed by atoms with Crippen molar-refractivity contribution in [1.82, 2.24) is 5.32 Å². The highest BCUT2D eigenvalue weighted by Crippen LogP contribution is 2.37. The quantitative estimate of drug-likeness (QED) is 0.0948. The van der Waals surface area contributed by atoms with Gasteiger partial charge in [-0.25, -0.2) is 4.99 Å². The minimum atomic E-state index is -0.0823. The van der Waals surface area contributed by atoms with Crippen molar-refractivity contribution >= 4 is 45.7 Å². The summed E-state index contributed by atoms with van der Waals surface area (Å²) in [5.74, 6) is 7.69. The monoisotopic (exact) mass is 695 g/mol. The zero-order valence-electron chi connectivity index (χ0n) is 30.3. The number of hydrogen-bond acceptors (Lipinski definition) is 3. The molecule has 5 aromatic carbocycles. The molecule has 9 rings (SSSR count). The lowest BCUT2D eigenvalue weighted by Crippen LogP contribution is -2.32. The zero-order valence-corrected chi connectivity index (χ0v) is 30.3. The largest absolute Gasteiger partial charge is 0.359 e. The first-order valence-corrected chi connectivity index (χ1v) is 19.0. The summed E-state index contributed by atoms with van der Waals surface area (Å²) in [5.41, 5.74) is 14.1. The normalized spacial score (nSPS) is 17.6. The van der Waals surface area contributed by atoms with Gasteiger partial charge in [-0.3, -0.25) is 0 Å². The van der Waals surface area contributed by atoms with Gasteiger partial charge in [-0.2, -0.15) is 0 Å². The molecule has 3 heteroatoms. The average Bonchev–Trinajstić information content (AvgIpc) is 3.25. The van der Waals surface area contributed by atoms with Crippen molar-refractivity contribution in [3.8, 4) is 23.0 Å². The Morgan fingerprint density at radius 2 is 1.63 bits per heavy atom. The Morgan fingerprint density at radius 3 is 2.46 bits per heavy atom. The lowest BCUT2D eigenvalue weighted by molar-refractivity contribution is 0.772. The van der Waals surface area contributed by atoms with Crippen LogP contribution < -0.4 is 15.8 Å². The SMILES string of the molecule is C=C/C=C(\C=N)c1ccc(C2=CC(c3cccc(-c4cc5c(c6ccccc46)C#CCC5)c3)NC(C3=CC=C(C4=c5ccccc5=CCC4)CC3)=N2)cc1. The van der Waals surface area contributed by atoms with E-state index in [0.717, 1.165) is 66.8 Å². The van der Waals surface area contributed by atoms with Gasteiger partial charge in [0.2, 0.25) is 0 Å². The van der Waals surface area contributed by atoms with Crippen molar-refractivity contribution in [3.63, 3.8) is 0 Å². The van der Waals surface area contributed by atoms with E-state index in [1.165, 1.54) is 72.0 Å². The Labute approximate surface area is 317 Å². The van der Waals surface area contributed by atoms with Crippen LogP contribution in [0, 0.1) is 17.3 Å². The van der Waals surface area contributed by atoms with Gasteiger partial charge in [0.15, 0.2) is 0 Å². The number of allylic oxidation sites excluding steroid dienone is 6. The first-order valence-electron chi connectivity index (χ1n) is 19.0. The number of amidine groups is 1. The Kier molecular flexibility index (Phi) is 8.95. The van der Waals surface area contributed by atoms with Gasteiger partial charge in [-0.1, -0.05) is 140 Å². The summed E-state index contributed by atoms with van der Waals surface area (Å²) >= 11 is 0. The van der Waals surface area contributed by atoms with E-state index in [2.05, 4.69) is 151 Å². The Hall–Kier alpha value is -6.50. The number of hydrogen-bond donors (Lipinski definition) is 2. The molecule has 0 bridgehead atoms. The van der Waals surface area contributed by atoms with Crippen molar-refractivity contribution in [2.24, 2.45) is 4.99 Å². The van der Waals surface area contributed by atoms with E-state index >= 15 is 0 Å². The van der Waals surface area contributed by atoms with Gasteiger partial charge < -0.3 is 10.7 Å². The predicted octanol–water partition coefficient (Wildman–Crippen LogP) is 10.2. The van der Waals surface area contributed by atoms with Crippen molar-refractivity contribution < 1.29 is 0 Å². The van der Waals surface area contributed by atoms with Crippen LogP contribution >= 0.6 is 0 Å². The number of aryl methyl sites for hydroxylation is 1. The molecule has 1 aliphatic heterocycles. The van der Waals surface area contributed by atoms with Gasteiger partial charge in [-0.15, -0.1) is 0 Å². The standard InChI is InChI=1S/C51H41N3/c1-2-11-42(33-52)34-22-26-37(27-23-34)49-32-50(54-51(53-49)38-28-24-36(25-29-38)44-21-10-14-35-12-3-5-17-43(35)44)41-16-9-15-39(30-41)48-31-40-13-4-6-18-45(40)46-19-7-8-20-47(46)48/h2-3,5,7-9,11-12,14-17,19-20,22-24,26-28,30-33,50,52H,1,4,10,13,21,25,29H2,(H,53,54)/b42-11+,52-33?. The lowest BCUT2D eigenvalue weighted by atomic mass is 9.86. The summed E-state index contributed by atoms with van der Waals surface area (Å²) in [6, 6.07) is 37.1. The maximum absolute atomic E-state index is 7.89. The van der Waals surface area contributed by atoms with Crippen LogP contribution in [0.5, 0.6) is 0 Å². The molecule has 4 aliphatic rings. The van der Waals surface area contributed by atoms with Gasteiger partial charge in [-0.05, 0) is 127 Å². The molecule has 2 N–H and O–H groups in total. The Bertz CT molecular complexity index is 2720. The number of nitrogens with one attached hydrogen (secondary N) is 2. The molecule has 3 nitrogen and oxygen atoms in total. The topological polar surface area (TPSA) is 48.2 Å². The number of nitrogens with zero attached hydrogens (tertiary/aromatic N) is 1. The van der Waals surface area contributed by atoms with E-state index < -0.39 is 0 Å². The zero-order chi connectivity index (χ0) is 36.4. The molecule has 0 spiro atoms. The Balaban J connectivity index is 1.11. The van der Waals surface area contributed by atoms with Crippen molar-refractivity contribution in [2.75, 3.05) is 0 Å². The minimum absolute atomic E-state index is 0.0823. The highest BCUT2D eigenvalue weighted by atomic mass is 15.0. The molecular weight excluding hydrogens is 655 g/mol. The molecule has 1 atom stereocenters. The molecule has 0 fully saturated rings. The summed E-state index contributed by atoms with van der Waals surface area (Å²) in [6.45, 7) is 3.82. The maximum atomic E-state index is 7.89. The molecule has 1 unspecified atom stereocenters. The predicted molar refractivity (Wildman–Crippen MR) is 227 cm³/mol. The van der Waals surface area contributed by atoms with E-state index in [9.17, 15) is 0 Å². The fourth-order valence-corrected chi connectivity index (χ4v) is 8.37. The van der Waals surface area contributed by atoms with E-state index in [4.69, 9.17) is 10.4 Å². The molecule has 5 aromatic rings. The van der Waals surface area contributed by atoms with Crippen LogP contribution in [0.25, 0.3) is 44.8 Å². The van der Waals surface area contributed by atoms with E-state index in [0.29, 0.717) is 0 Å². The van der Waals surface area contributed by atoms with E-state index in [1.54, 1.807) is 6.08 Å². The molecule has 54 heavy (non-hydrogen) atoms. The van der Waals surface area contributed by atoms with Gasteiger partial charge in [0.25, 0.3) is 0 Å². The molecule has 0 amide bonds. The van der Waals surface area contributed by atoms with Gasteiger partial charge in [0.05, 0.1) is 11.7 Å². The Morgan fingerprint density at radius 1 is 0.815 bits per heavy atom. The molecule has 0 saturated carbocycles. The first kappa shape index (κ1) is 33.3. The fourth-order valence-electron chi connectivity index (χ4n) is 8.37.